The number of nitrogens with one attached hydrogen (secondary N) is 1. The van der Waals surface area contributed by atoms with Crippen LogP contribution >= 0.6 is 0 Å². The van der Waals surface area contributed by atoms with Crippen LogP contribution in [0.1, 0.15) is 10.5 Å². The van der Waals surface area contributed by atoms with Gasteiger partial charge in [-0.25, -0.2) is 14.4 Å². The second-order valence-corrected chi connectivity index (χ2v) is 4.61. The summed E-state index contributed by atoms with van der Waals surface area (Å²) < 4.78 is 5.58. The third kappa shape index (κ3) is 2.57. The number of cyclic esters (lactones) is 1. The first-order valence-corrected chi connectivity index (χ1v) is 6.49. The van der Waals surface area contributed by atoms with Crippen LogP contribution in [0.5, 0.6) is 0 Å². The number of carbonyl (C=O) groups excluding carboxylic acids is 1. The smallest absolute Gasteiger partial charge is 0.414 e. The summed E-state index contributed by atoms with van der Waals surface area (Å²) >= 11 is 0. The highest BCUT2D eigenvalue weighted by Crippen LogP contribution is 2.19. The van der Waals surface area contributed by atoms with E-state index in [2.05, 4.69) is 5.10 Å². The summed E-state index contributed by atoms with van der Waals surface area (Å²) in [6.07, 6.45) is -0.467. The number of amides is 1. The molecule has 10 nitrogen and oxygen atoms in total. The van der Waals surface area contributed by atoms with Crippen LogP contribution in [0.4, 0.5) is 10.5 Å². The molecule has 1 aliphatic heterocycles. The largest absolute Gasteiger partial charge is 0.476 e. The van der Waals surface area contributed by atoms with Crippen molar-refractivity contribution in [3.63, 3.8) is 0 Å². The maximum absolute atomic E-state index is 11.8. The number of aromatic carboxylic acids is 1. The van der Waals surface area contributed by atoms with Crippen molar-refractivity contribution in [3.8, 4) is 5.69 Å². The number of carboxylic acid groups (broad SMARTS) is 1. The molecule has 1 aromatic heterocycles. The van der Waals surface area contributed by atoms with Crippen LogP contribution in [0.25, 0.3) is 5.69 Å². The van der Waals surface area contributed by atoms with Crippen molar-refractivity contribution < 1.29 is 19.4 Å². The zero-order chi connectivity index (χ0) is 16.6. The molecule has 2 heterocycles. The number of H-pyrrole nitrogens is 1. The van der Waals surface area contributed by atoms with E-state index in [1.54, 1.807) is 12.1 Å². The molecule has 0 radical (unpaired) electrons. The molecule has 3 rings (SSSR count). The lowest BCUT2D eigenvalue weighted by atomic mass is 10.2. The number of carboxylic acids is 1. The minimum atomic E-state index is -1.54. The lowest BCUT2D eigenvalue weighted by Crippen LogP contribution is -2.35. The van der Waals surface area contributed by atoms with Crippen LogP contribution in [0.15, 0.2) is 33.9 Å². The van der Waals surface area contributed by atoms with Gasteiger partial charge in [-0.2, -0.15) is 9.78 Å². The highest BCUT2D eigenvalue weighted by Gasteiger charge is 2.23. The molecule has 0 aliphatic carbocycles. The normalized spacial score (nSPS) is 13.9. The van der Waals surface area contributed by atoms with E-state index in [9.17, 15) is 19.2 Å². The van der Waals surface area contributed by atoms with Crippen molar-refractivity contribution in [1.82, 2.24) is 14.8 Å². The molecule has 0 bridgehead atoms. The average molecular weight is 318 g/mol. The molecule has 0 atom stereocenters. The van der Waals surface area contributed by atoms with Crippen LogP contribution < -0.4 is 16.1 Å². The van der Waals surface area contributed by atoms with Crippen LogP contribution in [0.2, 0.25) is 0 Å². The van der Waals surface area contributed by atoms with Gasteiger partial charge >= 0.3 is 17.8 Å². The Kier molecular flexibility index (Phi) is 3.41. The van der Waals surface area contributed by atoms with E-state index in [0.717, 1.165) is 4.68 Å². The minimum absolute atomic E-state index is 0.241. The van der Waals surface area contributed by atoms with E-state index in [1.807, 2.05) is 4.98 Å². The second-order valence-electron chi connectivity index (χ2n) is 4.61. The highest BCUT2D eigenvalue weighted by molar-refractivity contribution is 5.89. The number of hydrogen-bond acceptors (Lipinski definition) is 6. The number of carbonyl (C=O) groups is 2. The molecule has 0 spiro atoms. The molecule has 2 N–H and O–H groups in total. The fourth-order valence-corrected chi connectivity index (χ4v) is 2.12. The van der Waals surface area contributed by atoms with E-state index in [1.165, 1.54) is 17.0 Å². The molecule has 23 heavy (non-hydrogen) atoms. The van der Waals surface area contributed by atoms with Crippen molar-refractivity contribution in [2.24, 2.45) is 0 Å². The predicted molar refractivity (Wildman–Crippen MR) is 76.1 cm³/mol. The maximum Gasteiger partial charge on any atom is 0.414 e. The first-order chi connectivity index (χ1) is 11.0. The highest BCUT2D eigenvalue weighted by atomic mass is 16.6. The van der Waals surface area contributed by atoms with Gasteiger partial charge in [-0.1, -0.05) is 0 Å². The lowest BCUT2D eigenvalue weighted by molar-refractivity contribution is 0.0685. The van der Waals surface area contributed by atoms with Crippen LogP contribution in [0.3, 0.4) is 0 Å². The van der Waals surface area contributed by atoms with E-state index < -0.39 is 29.0 Å². The number of anilines is 1. The van der Waals surface area contributed by atoms with E-state index >= 15 is 0 Å². The number of benzene rings is 1. The van der Waals surface area contributed by atoms with Gasteiger partial charge in [0, 0.05) is 5.69 Å². The summed E-state index contributed by atoms with van der Waals surface area (Å²) in [4.78, 5) is 48.8. The van der Waals surface area contributed by atoms with Crippen molar-refractivity contribution in [2.75, 3.05) is 18.1 Å². The first-order valence-electron chi connectivity index (χ1n) is 6.49. The Morgan fingerprint density at radius 1 is 1.17 bits per heavy atom. The number of aromatic amines is 1. The van der Waals surface area contributed by atoms with Gasteiger partial charge in [-0.15, -0.1) is 0 Å². The van der Waals surface area contributed by atoms with Gasteiger partial charge in [0.15, 0.2) is 0 Å². The zero-order valence-electron chi connectivity index (χ0n) is 11.6. The van der Waals surface area contributed by atoms with Crippen molar-refractivity contribution >= 4 is 17.7 Å². The third-order valence-corrected chi connectivity index (χ3v) is 3.20. The summed E-state index contributed by atoms with van der Waals surface area (Å²) in [5, 5.41) is 12.4. The topological polar surface area (TPSA) is 135 Å². The van der Waals surface area contributed by atoms with Crippen molar-refractivity contribution in [1.29, 1.82) is 0 Å². The molecule has 1 aromatic carbocycles. The lowest BCUT2D eigenvalue weighted by Gasteiger charge is -2.13. The SMILES string of the molecule is O=C(O)c1nn(-c2ccc(N3CCOC3=O)cc2)c(=O)[nH]c1=O. The predicted octanol–water partition coefficient (Wildman–Crippen LogP) is -0.424. The number of ether oxygens (including phenoxy) is 1. The van der Waals surface area contributed by atoms with Gasteiger partial charge < -0.3 is 9.84 Å². The Morgan fingerprint density at radius 3 is 2.39 bits per heavy atom. The monoisotopic (exact) mass is 318 g/mol. The van der Waals surface area contributed by atoms with Gasteiger partial charge in [0.05, 0.1) is 12.2 Å². The number of aromatic nitrogens is 3. The Bertz CT molecular complexity index is 898. The van der Waals surface area contributed by atoms with Crippen molar-refractivity contribution in [2.45, 2.75) is 0 Å². The van der Waals surface area contributed by atoms with E-state index in [-0.39, 0.29) is 5.69 Å². The summed E-state index contributed by atoms with van der Waals surface area (Å²) in [5.41, 5.74) is -1.93. The number of hydrogen-bond donors (Lipinski definition) is 2. The third-order valence-electron chi connectivity index (χ3n) is 3.20. The molecule has 1 amide bonds. The molecule has 2 aromatic rings. The quantitative estimate of drug-likeness (QED) is 0.784. The number of rotatable bonds is 3. The fraction of sp³-hybridized carbons (Fsp3) is 0.154. The van der Waals surface area contributed by atoms with Gasteiger partial charge in [0.1, 0.15) is 6.61 Å². The Labute approximate surface area is 127 Å². The van der Waals surface area contributed by atoms with Crippen LogP contribution in [-0.2, 0) is 4.74 Å². The fourth-order valence-electron chi connectivity index (χ4n) is 2.12. The summed E-state index contributed by atoms with van der Waals surface area (Å²) in [6.45, 7) is 0.710. The molecular weight excluding hydrogens is 308 g/mol. The molecule has 10 heteroatoms. The first kappa shape index (κ1) is 14.5. The second kappa shape index (κ2) is 5.40. The Balaban J connectivity index is 2.01. The molecule has 0 unspecified atom stereocenters. The molecule has 118 valence electrons. The minimum Gasteiger partial charge on any atom is -0.476 e. The number of nitrogens with zero attached hydrogens (tertiary/aromatic N) is 3. The van der Waals surface area contributed by atoms with Crippen LogP contribution in [0, 0.1) is 0 Å². The molecular formula is C13H10N4O6. The van der Waals surface area contributed by atoms with Gasteiger partial charge in [-0.05, 0) is 24.3 Å². The van der Waals surface area contributed by atoms with Gasteiger partial charge in [0.25, 0.3) is 5.56 Å². The molecule has 0 saturated carbocycles. The van der Waals surface area contributed by atoms with Crippen molar-refractivity contribution in [3.05, 3.63) is 50.8 Å². The Hall–Kier alpha value is -3.43. The molecule has 1 fully saturated rings. The summed E-state index contributed by atoms with van der Waals surface area (Å²) in [5.74, 6) is -1.54. The van der Waals surface area contributed by atoms with E-state index in [0.29, 0.717) is 18.8 Å². The zero-order valence-corrected chi connectivity index (χ0v) is 11.6. The van der Waals surface area contributed by atoms with Gasteiger partial charge in [-0.3, -0.25) is 14.7 Å². The summed E-state index contributed by atoms with van der Waals surface area (Å²) in [7, 11) is 0. The molecule has 1 aliphatic rings. The van der Waals surface area contributed by atoms with Crippen LogP contribution in [-0.4, -0.2) is 45.1 Å². The Morgan fingerprint density at radius 2 is 1.83 bits per heavy atom. The summed E-state index contributed by atoms with van der Waals surface area (Å²) in [6, 6.07) is 6.06. The standard InChI is InChI=1S/C13H10N4O6/c18-10-9(11(19)20)15-17(12(21)14-10)8-3-1-7(2-4-8)16-5-6-23-13(16)22/h1-4H,5-6H2,(H,19,20)(H,14,18,21). The van der Waals surface area contributed by atoms with Gasteiger partial charge in [0.2, 0.25) is 5.69 Å². The van der Waals surface area contributed by atoms with E-state index in [4.69, 9.17) is 9.84 Å². The molecule has 1 saturated heterocycles. The maximum atomic E-state index is 11.8. The average Bonchev–Trinajstić information content (AvgIpc) is 2.93.